The first-order valence-corrected chi connectivity index (χ1v) is 8.84. The normalized spacial score (nSPS) is 12.3. The minimum atomic E-state index is -0.223. The summed E-state index contributed by atoms with van der Waals surface area (Å²) >= 11 is 12.2. The van der Waals surface area contributed by atoms with Gasteiger partial charge in [-0.15, -0.1) is 0 Å². The Kier molecular flexibility index (Phi) is 4.59. The van der Waals surface area contributed by atoms with Crippen LogP contribution < -0.4 is 5.32 Å². The van der Waals surface area contributed by atoms with E-state index in [0.29, 0.717) is 27.6 Å². The summed E-state index contributed by atoms with van der Waals surface area (Å²) in [5.74, 6) is 1.84. The fourth-order valence-corrected chi connectivity index (χ4v) is 3.26. The van der Waals surface area contributed by atoms with E-state index in [2.05, 4.69) is 35.3 Å². The summed E-state index contributed by atoms with van der Waals surface area (Å²) in [5.41, 5.74) is 1.82. The second-order valence-corrected chi connectivity index (χ2v) is 6.76. The minimum Gasteiger partial charge on any atom is -0.360 e. The van der Waals surface area contributed by atoms with E-state index in [4.69, 9.17) is 23.2 Å². The molecule has 0 amide bonds. The highest BCUT2D eigenvalue weighted by molar-refractivity contribution is 6.31. The minimum absolute atomic E-state index is 0.223. The Bertz CT molecular complexity index is 1130. The number of anilines is 1. The van der Waals surface area contributed by atoms with E-state index in [1.54, 1.807) is 10.7 Å². The van der Waals surface area contributed by atoms with Gasteiger partial charge in [0.1, 0.15) is 30.0 Å². The van der Waals surface area contributed by atoms with Crippen molar-refractivity contribution in [2.24, 2.45) is 0 Å². The summed E-state index contributed by atoms with van der Waals surface area (Å²) in [6.07, 6.45) is 4.36. The van der Waals surface area contributed by atoms with Gasteiger partial charge >= 0.3 is 0 Å². The number of nitrogens with zero attached hydrogens (tertiary/aromatic N) is 7. The van der Waals surface area contributed by atoms with Gasteiger partial charge in [-0.25, -0.2) is 24.9 Å². The van der Waals surface area contributed by atoms with E-state index in [0.717, 1.165) is 16.5 Å². The van der Waals surface area contributed by atoms with Crippen LogP contribution in [0.25, 0.3) is 16.7 Å². The van der Waals surface area contributed by atoms with Gasteiger partial charge in [-0.2, -0.15) is 9.78 Å². The third-order valence-electron chi connectivity index (χ3n) is 4.04. The molecule has 0 fully saturated rings. The zero-order valence-corrected chi connectivity index (χ0v) is 15.9. The number of aryl methyl sites for hydroxylation is 1. The average molecular weight is 401 g/mol. The maximum Gasteiger partial charge on any atom is 0.160 e. The van der Waals surface area contributed by atoms with E-state index >= 15 is 0 Å². The molecule has 0 aliphatic carbocycles. The van der Waals surface area contributed by atoms with Crippen molar-refractivity contribution < 1.29 is 0 Å². The Morgan fingerprint density at radius 3 is 2.59 bits per heavy atom. The predicted molar refractivity (Wildman–Crippen MR) is 103 cm³/mol. The first kappa shape index (κ1) is 17.6. The Morgan fingerprint density at radius 1 is 0.963 bits per heavy atom. The second-order valence-electron chi connectivity index (χ2n) is 5.94. The molecule has 4 rings (SSSR count). The molecule has 0 aliphatic heterocycles. The van der Waals surface area contributed by atoms with Crippen molar-refractivity contribution in [3.63, 3.8) is 0 Å². The summed E-state index contributed by atoms with van der Waals surface area (Å²) in [5, 5.41) is 9.40. The monoisotopic (exact) mass is 400 g/mol. The molecule has 4 aromatic rings. The van der Waals surface area contributed by atoms with Crippen LogP contribution in [0.4, 0.5) is 5.82 Å². The Balaban J connectivity index is 1.71. The first-order chi connectivity index (χ1) is 13.0. The SMILES string of the molecule is Cc1cc(Cl)cc2c(NC(C)c3ncnn3-c3cc(Cl)ncn3)ncnc12. The molecule has 1 unspecified atom stereocenters. The lowest BCUT2D eigenvalue weighted by atomic mass is 10.1. The molecular formula is C17H14Cl2N8. The highest BCUT2D eigenvalue weighted by Gasteiger charge is 2.17. The van der Waals surface area contributed by atoms with Crippen LogP contribution in [-0.4, -0.2) is 34.7 Å². The van der Waals surface area contributed by atoms with Crippen LogP contribution in [0, 0.1) is 6.92 Å². The van der Waals surface area contributed by atoms with E-state index in [1.165, 1.54) is 19.0 Å². The highest BCUT2D eigenvalue weighted by atomic mass is 35.5. The molecule has 0 bridgehead atoms. The zero-order chi connectivity index (χ0) is 19.0. The topological polar surface area (TPSA) is 94.3 Å². The van der Waals surface area contributed by atoms with Crippen molar-refractivity contribution in [2.75, 3.05) is 5.32 Å². The fourth-order valence-electron chi connectivity index (χ4n) is 2.85. The fraction of sp³-hybridized carbons (Fsp3) is 0.176. The zero-order valence-electron chi connectivity index (χ0n) is 14.4. The lowest BCUT2D eigenvalue weighted by Gasteiger charge is -2.16. The largest absolute Gasteiger partial charge is 0.360 e. The number of benzene rings is 1. The second kappa shape index (κ2) is 7.05. The van der Waals surface area contributed by atoms with Gasteiger partial charge in [-0.05, 0) is 31.5 Å². The molecule has 27 heavy (non-hydrogen) atoms. The Hall–Kier alpha value is -2.84. The number of hydrogen-bond donors (Lipinski definition) is 1. The Labute approximate surface area is 164 Å². The molecule has 3 heterocycles. The van der Waals surface area contributed by atoms with Crippen molar-refractivity contribution >= 4 is 39.9 Å². The number of aromatic nitrogens is 7. The lowest BCUT2D eigenvalue weighted by molar-refractivity contribution is 0.708. The van der Waals surface area contributed by atoms with E-state index in [1.807, 2.05) is 26.0 Å². The van der Waals surface area contributed by atoms with Gasteiger partial charge in [0.2, 0.25) is 0 Å². The van der Waals surface area contributed by atoms with E-state index in [-0.39, 0.29) is 6.04 Å². The van der Waals surface area contributed by atoms with Crippen LogP contribution in [0.1, 0.15) is 24.4 Å². The molecule has 10 heteroatoms. The van der Waals surface area contributed by atoms with Gasteiger partial charge in [0.05, 0.1) is 11.6 Å². The summed E-state index contributed by atoms with van der Waals surface area (Å²) in [4.78, 5) is 21.2. The quantitative estimate of drug-likeness (QED) is 0.520. The number of fused-ring (bicyclic) bond motifs is 1. The summed E-state index contributed by atoms with van der Waals surface area (Å²) in [7, 11) is 0. The molecule has 0 saturated carbocycles. The van der Waals surface area contributed by atoms with Crippen molar-refractivity contribution in [1.82, 2.24) is 34.7 Å². The molecule has 8 nitrogen and oxygen atoms in total. The molecular weight excluding hydrogens is 387 g/mol. The van der Waals surface area contributed by atoms with Crippen LogP contribution in [-0.2, 0) is 0 Å². The third-order valence-corrected chi connectivity index (χ3v) is 4.47. The molecule has 3 aromatic heterocycles. The molecule has 136 valence electrons. The molecule has 1 atom stereocenters. The maximum absolute atomic E-state index is 6.22. The lowest BCUT2D eigenvalue weighted by Crippen LogP contribution is -2.15. The standard InChI is InChI=1S/C17H14Cl2N8/c1-9-3-11(18)4-12-15(9)22-7-23-16(12)26-10(2)17-24-8-25-27(17)14-5-13(19)20-6-21-14/h3-8,10H,1-2H3,(H,22,23,26). The smallest absolute Gasteiger partial charge is 0.160 e. The van der Waals surface area contributed by atoms with Crippen LogP contribution >= 0.6 is 23.2 Å². The van der Waals surface area contributed by atoms with Gasteiger partial charge in [0.15, 0.2) is 11.6 Å². The first-order valence-electron chi connectivity index (χ1n) is 8.08. The van der Waals surface area contributed by atoms with Gasteiger partial charge in [-0.1, -0.05) is 23.2 Å². The third kappa shape index (κ3) is 3.41. The van der Waals surface area contributed by atoms with Gasteiger partial charge in [0, 0.05) is 16.5 Å². The number of hydrogen-bond acceptors (Lipinski definition) is 7. The molecule has 1 N–H and O–H groups in total. The van der Waals surface area contributed by atoms with Crippen LogP contribution in [0.2, 0.25) is 10.2 Å². The maximum atomic E-state index is 6.22. The van der Waals surface area contributed by atoms with Gasteiger partial charge < -0.3 is 5.32 Å². The Morgan fingerprint density at radius 2 is 1.78 bits per heavy atom. The highest BCUT2D eigenvalue weighted by Crippen LogP contribution is 2.28. The van der Waals surface area contributed by atoms with Crippen LogP contribution in [0.15, 0.2) is 37.2 Å². The van der Waals surface area contributed by atoms with E-state index < -0.39 is 0 Å². The molecule has 0 saturated heterocycles. The van der Waals surface area contributed by atoms with Crippen molar-refractivity contribution in [1.29, 1.82) is 0 Å². The van der Waals surface area contributed by atoms with Gasteiger partial charge in [0.25, 0.3) is 0 Å². The van der Waals surface area contributed by atoms with E-state index in [9.17, 15) is 0 Å². The van der Waals surface area contributed by atoms with Crippen molar-refractivity contribution in [2.45, 2.75) is 19.9 Å². The van der Waals surface area contributed by atoms with Crippen LogP contribution in [0.3, 0.4) is 0 Å². The van der Waals surface area contributed by atoms with Crippen molar-refractivity contribution in [3.8, 4) is 5.82 Å². The summed E-state index contributed by atoms with van der Waals surface area (Å²) < 4.78 is 1.60. The van der Waals surface area contributed by atoms with Gasteiger partial charge in [-0.3, -0.25) is 0 Å². The number of halogens is 2. The predicted octanol–water partition coefficient (Wildman–Crippen LogP) is 3.79. The molecule has 0 spiro atoms. The summed E-state index contributed by atoms with van der Waals surface area (Å²) in [6, 6.07) is 5.11. The van der Waals surface area contributed by atoms with Crippen LogP contribution in [0.5, 0.6) is 0 Å². The van der Waals surface area contributed by atoms with Crippen molar-refractivity contribution in [3.05, 3.63) is 58.7 Å². The summed E-state index contributed by atoms with van der Waals surface area (Å²) in [6.45, 7) is 3.92. The molecule has 1 aromatic carbocycles. The average Bonchev–Trinajstić information content (AvgIpc) is 3.12. The molecule has 0 aliphatic rings. The molecule has 0 radical (unpaired) electrons. The number of rotatable bonds is 4. The number of nitrogens with one attached hydrogen (secondary N) is 1.